The molecule has 1 aliphatic heterocycles. The average Bonchev–Trinajstić information content (AvgIpc) is 3.09. The van der Waals surface area contributed by atoms with Crippen molar-refractivity contribution in [2.45, 2.75) is 31.4 Å². The van der Waals surface area contributed by atoms with E-state index in [0.717, 1.165) is 24.0 Å². The highest BCUT2D eigenvalue weighted by Gasteiger charge is 2.37. The van der Waals surface area contributed by atoms with Gasteiger partial charge in [-0.3, -0.25) is 9.69 Å². The molecule has 1 amide bonds. The minimum Gasteiger partial charge on any atom is -0.493 e. The fourth-order valence-electron chi connectivity index (χ4n) is 3.25. The first kappa shape index (κ1) is 24.9. The van der Waals surface area contributed by atoms with Crippen LogP contribution in [-0.4, -0.2) is 47.7 Å². The Labute approximate surface area is 204 Å². The van der Waals surface area contributed by atoms with Crippen molar-refractivity contribution < 1.29 is 14.3 Å². The lowest BCUT2D eigenvalue weighted by Crippen LogP contribution is -2.32. The number of thioether (sulfide) groups is 1. The summed E-state index contributed by atoms with van der Waals surface area (Å²) >= 11 is 7.49. The molecule has 2 aromatic rings. The van der Waals surface area contributed by atoms with Gasteiger partial charge in [-0.05, 0) is 54.3 Å². The maximum Gasteiger partial charge on any atom is 0.242 e. The molecule has 2 aromatic carbocycles. The van der Waals surface area contributed by atoms with Crippen molar-refractivity contribution >= 4 is 40.7 Å². The molecule has 0 spiro atoms. The smallest absolute Gasteiger partial charge is 0.242 e. The van der Waals surface area contributed by atoms with Crippen molar-refractivity contribution in [1.29, 1.82) is 0 Å². The molecular weight excluding hydrogens is 458 g/mol. The summed E-state index contributed by atoms with van der Waals surface area (Å²) in [6.07, 6.45) is 5.93. The van der Waals surface area contributed by atoms with E-state index >= 15 is 0 Å². The third-order valence-electron chi connectivity index (χ3n) is 4.94. The zero-order chi connectivity index (χ0) is 23.6. The van der Waals surface area contributed by atoms with Gasteiger partial charge in [0.2, 0.25) is 5.91 Å². The summed E-state index contributed by atoms with van der Waals surface area (Å²) < 4.78 is 11.2. The zero-order valence-corrected chi connectivity index (χ0v) is 20.4. The van der Waals surface area contributed by atoms with Crippen LogP contribution >= 0.6 is 23.4 Å². The van der Waals surface area contributed by atoms with Crippen LogP contribution < -0.4 is 9.47 Å². The van der Waals surface area contributed by atoms with Crippen molar-refractivity contribution in [1.82, 2.24) is 4.90 Å². The maximum atomic E-state index is 12.9. The molecule has 1 saturated heterocycles. The first-order valence-electron chi connectivity index (χ1n) is 10.8. The highest BCUT2D eigenvalue weighted by Crippen LogP contribution is 2.31. The van der Waals surface area contributed by atoms with Crippen LogP contribution in [-0.2, 0) is 11.2 Å². The largest absolute Gasteiger partial charge is 0.493 e. The number of benzene rings is 2. The Morgan fingerprint density at radius 2 is 2.09 bits per heavy atom. The summed E-state index contributed by atoms with van der Waals surface area (Å²) in [6, 6.07) is 13.2. The number of amides is 1. The Kier molecular flexibility index (Phi) is 9.39. The number of hydrogen-bond donors (Lipinski definition) is 0. The quantitative estimate of drug-likeness (QED) is 0.180. The predicted octanol–water partition coefficient (Wildman–Crippen LogP) is 5.59. The number of carbonyl (C=O) groups is 1. The summed E-state index contributed by atoms with van der Waals surface area (Å²) in [7, 11) is 1.61. The molecule has 8 heteroatoms. The first-order chi connectivity index (χ1) is 16.0. The van der Waals surface area contributed by atoms with E-state index in [4.69, 9.17) is 21.1 Å². The summed E-state index contributed by atoms with van der Waals surface area (Å²) in [5.74, 6) is 1.33. The third kappa shape index (κ3) is 6.85. The van der Waals surface area contributed by atoms with Crippen LogP contribution in [0.1, 0.15) is 30.9 Å². The average molecular weight is 486 g/mol. The topological polar surface area (TPSA) is 63.5 Å². The van der Waals surface area contributed by atoms with Gasteiger partial charge in [-0.1, -0.05) is 54.9 Å². The van der Waals surface area contributed by atoms with Crippen LogP contribution in [0.2, 0.25) is 5.02 Å². The lowest BCUT2D eigenvalue weighted by molar-refractivity contribution is -0.125. The lowest BCUT2D eigenvalue weighted by atomic mass is 10.1. The number of halogens is 1. The molecule has 0 radical (unpaired) electrons. The van der Waals surface area contributed by atoms with Gasteiger partial charge >= 0.3 is 0 Å². The predicted molar refractivity (Wildman–Crippen MR) is 137 cm³/mol. The molecule has 1 aliphatic rings. The third-order valence-corrected chi connectivity index (χ3v) is 6.34. The molecule has 3 rings (SSSR count). The van der Waals surface area contributed by atoms with Crippen LogP contribution in [0, 0.1) is 0 Å². The monoisotopic (exact) mass is 485 g/mol. The van der Waals surface area contributed by atoms with Gasteiger partial charge < -0.3 is 9.47 Å². The molecule has 0 saturated carbocycles. The van der Waals surface area contributed by atoms with Gasteiger partial charge in [-0.25, -0.2) is 0 Å². The van der Waals surface area contributed by atoms with Gasteiger partial charge in [-0.15, -0.1) is 11.7 Å². The molecule has 0 N–H and O–H groups in total. The van der Waals surface area contributed by atoms with Gasteiger partial charge in [-0.2, -0.15) is 5.10 Å². The van der Waals surface area contributed by atoms with Crippen molar-refractivity contribution in [3.8, 4) is 11.5 Å². The molecule has 0 aliphatic carbocycles. The van der Waals surface area contributed by atoms with Crippen LogP contribution in [0.15, 0.2) is 65.3 Å². The molecule has 174 valence electrons. The van der Waals surface area contributed by atoms with Gasteiger partial charge in [0.25, 0.3) is 0 Å². The minimum atomic E-state index is -0.281. The molecular formula is C25H28ClN3O3S. The Morgan fingerprint density at radius 1 is 1.24 bits per heavy atom. The van der Waals surface area contributed by atoms with Gasteiger partial charge in [0.15, 0.2) is 16.7 Å². The fourth-order valence-corrected chi connectivity index (χ4v) is 4.60. The molecule has 6 nitrogen and oxygen atoms in total. The molecule has 1 unspecified atom stereocenters. The van der Waals surface area contributed by atoms with E-state index < -0.39 is 0 Å². The van der Waals surface area contributed by atoms with Crippen molar-refractivity contribution in [2.75, 3.05) is 20.3 Å². The summed E-state index contributed by atoms with van der Waals surface area (Å²) in [6.45, 7) is 6.90. The first-order valence-corrected chi connectivity index (χ1v) is 12.1. The molecule has 0 aromatic heterocycles. The van der Waals surface area contributed by atoms with E-state index in [1.807, 2.05) is 42.5 Å². The molecule has 1 heterocycles. The number of amidine groups is 1. The number of unbranched alkanes of at least 4 members (excludes halogenated alkanes) is 1. The Morgan fingerprint density at radius 3 is 2.82 bits per heavy atom. The summed E-state index contributed by atoms with van der Waals surface area (Å²) in [5, 5.41) is 9.47. The van der Waals surface area contributed by atoms with E-state index in [-0.39, 0.29) is 11.2 Å². The minimum absolute atomic E-state index is 0.0101. The van der Waals surface area contributed by atoms with Crippen molar-refractivity contribution in [2.24, 2.45) is 10.2 Å². The number of rotatable bonds is 11. The van der Waals surface area contributed by atoms with Crippen molar-refractivity contribution in [3.05, 3.63) is 71.3 Å². The number of ether oxygens (including phenoxy) is 2. The van der Waals surface area contributed by atoms with Crippen LogP contribution in [0.5, 0.6) is 11.5 Å². The SMILES string of the molecule is C=CCN1C(=O)C(Cc2cccc(Cl)c2)SC1=NN=Cc1ccc(OCCCC)c(OC)c1. The fraction of sp³-hybridized carbons (Fsp3) is 0.320. The molecule has 33 heavy (non-hydrogen) atoms. The number of carbonyl (C=O) groups excluding carboxylic acids is 1. The number of nitrogens with zero attached hydrogens (tertiary/aromatic N) is 3. The summed E-state index contributed by atoms with van der Waals surface area (Å²) in [4.78, 5) is 14.5. The standard InChI is InChI=1S/C25H28ClN3O3S/c1-4-6-13-32-21-11-10-19(15-22(21)31-3)17-27-28-25-29(12-5-2)24(30)23(33-25)16-18-8-7-9-20(26)14-18/h5,7-11,14-15,17,23H,2,4,6,12-13,16H2,1,3H3. The second-order valence-electron chi connectivity index (χ2n) is 7.42. The van der Waals surface area contributed by atoms with Crippen LogP contribution in [0.25, 0.3) is 0 Å². The number of methoxy groups -OCH3 is 1. The number of hydrogen-bond acceptors (Lipinski definition) is 6. The highest BCUT2D eigenvalue weighted by molar-refractivity contribution is 8.15. The van der Waals surface area contributed by atoms with Crippen molar-refractivity contribution in [3.63, 3.8) is 0 Å². The zero-order valence-electron chi connectivity index (χ0n) is 18.9. The summed E-state index contributed by atoms with van der Waals surface area (Å²) in [5.41, 5.74) is 1.82. The van der Waals surface area contributed by atoms with Crippen LogP contribution in [0.4, 0.5) is 0 Å². The van der Waals surface area contributed by atoms with Gasteiger partial charge in [0, 0.05) is 11.6 Å². The normalized spacial score (nSPS) is 17.2. The van der Waals surface area contributed by atoms with Gasteiger partial charge in [0.1, 0.15) is 0 Å². The molecule has 1 fully saturated rings. The highest BCUT2D eigenvalue weighted by atomic mass is 35.5. The van der Waals surface area contributed by atoms with E-state index in [2.05, 4.69) is 23.7 Å². The Bertz CT molecular complexity index is 1040. The maximum absolute atomic E-state index is 12.9. The van der Waals surface area contributed by atoms with Crippen LogP contribution in [0.3, 0.4) is 0 Å². The molecule has 0 bridgehead atoms. The van der Waals surface area contributed by atoms with E-state index in [1.54, 1.807) is 24.3 Å². The van der Waals surface area contributed by atoms with Gasteiger partial charge in [0.05, 0.1) is 25.2 Å². The van der Waals surface area contributed by atoms with E-state index in [9.17, 15) is 4.79 Å². The van der Waals surface area contributed by atoms with E-state index in [0.29, 0.717) is 41.3 Å². The van der Waals surface area contributed by atoms with E-state index in [1.165, 1.54) is 11.8 Å². The second kappa shape index (κ2) is 12.5. The Hall–Kier alpha value is -2.77. The second-order valence-corrected chi connectivity index (χ2v) is 9.02. The Balaban J connectivity index is 1.72. The lowest BCUT2D eigenvalue weighted by Gasteiger charge is -2.13. The molecule has 1 atom stereocenters.